The molecule has 0 fully saturated rings. The number of benzene rings is 4. The molecule has 226 valence electrons. The van der Waals surface area contributed by atoms with Crippen molar-refractivity contribution in [2.24, 2.45) is 0 Å². The van der Waals surface area contributed by atoms with Crippen LogP contribution in [0.1, 0.15) is 37.7 Å². The van der Waals surface area contributed by atoms with Crippen molar-refractivity contribution in [3.8, 4) is 34.1 Å². The number of hydrogen-bond donors (Lipinski definition) is 0. The summed E-state index contributed by atoms with van der Waals surface area (Å²) >= 11 is 0. The van der Waals surface area contributed by atoms with E-state index in [1.165, 1.54) is 6.07 Å². The van der Waals surface area contributed by atoms with Crippen molar-refractivity contribution in [3.63, 3.8) is 0 Å². The van der Waals surface area contributed by atoms with Crippen LogP contribution < -0.4 is 4.74 Å². The van der Waals surface area contributed by atoms with Gasteiger partial charge in [-0.05, 0) is 71.8 Å². The Kier molecular flexibility index (Phi) is 7.96. The van der Waals surface area contributed by atoms with Crippen LogP contribution in [0.5, 0.6) is 11.5 Å². The molecule has 4 aromatic carbocycles. The zero-order valence-corrected chi connectivity index (χ0v) is 27.9. The summed E-state index contributed by atoms with van der Waals surface area (Å²) in [7, 11) is 0. The Labute approximate surface area is 276 Å². The van der Waals surface area contributed by atoms with Gasteiger partial charge in [-0.1, -0.05) is 56.6 Å². The van der Waals surface area contributed by atoms with Crippen LogP contribution in [0.3, 0.4) is 0 Å². The quantitative estimate of drug-likeness (QED) is 0.164. The molecule has 0 N–H and O–H groups in total. The second-order valence-corrected chi connectivity index (χ2v) is 12.1. The number of nitrogens with zero attached hydrogens (tertiary/aromatic N) is 4. The van der Waals surface area contributed by atoms with E-state index in [1.54, 1.807) is 12.1 Å². The van der Waals surface area contributed by atoms with Crippen LogP contribution >= 0.6 is 0 Å². The number of halogens is 1. The Hall–Kier alpha value is -4.54. The molecule has 0 aliphatic rings. The average molecular weight is 774 g/mol. The van der Waals surface area contributed by atoms with E-state index in [0.29, 0.717) is 11.5 Å². The number of rotatable bonds is 5. The molecular weight excluding hydrogens is 743 g/mol. The minimum atomic E-state index is -0.292. The summed E-state index contributed by atoms with van der Waals surface area (Å²) < 4.78 is 24.7. The molecule has 0 unspecified atom stereocenters. The molecule has 7 rings (SSSR count). The molecule has 0 aliphatic heterocycles. The minimum Gasteiger partial charge on any atom is -0.509 e. The molecule has 0 saturated heterocycles. The summed E-state index contributed by atoms with van der Waals surface area (Å²) in [4.78, 5) is 4.71. The predicted molar refractivity (Wildman–Crippen MR) is 173 cm³/mol. The molecule has 0 aliphatic carbocycles. The summed E-state index contributed by atoms with van der Waals surface area (Å²) in [6.07, 6.45) is 1.82. The predicted octanol–water partition coefficient (Wildman–Crippen LogP) is 9.48. The third kappa shape index (κ3) is 5.60. The third-order valence-corrected chi connectivity index (χ3v) is 8.01. The van der Waals surface area contributed by atoms with Gasteiger partial charge in [0.15, 0.2) is 0 Å². The molecule has 7 aromatic rings. The normalized spacial score (nSPS) is 11.6. The van der Waals surface area contributed by atoms with Crippen LogP contribution in [0.15, 0.2) is 97.2 Å². The standard InChI is InChI=1S/C38H31FN4O.Pt/c1-24-37(26-10-7-6-8-11-26)25(2)43(41-24)29-12-9-13-30(22-29)44-31-15-16-32-33-21-28(39)14-17-34(33)42(35(32)23-31)36-20-27(18-19-40-36)38(3,4)5;/h6-21H,1-5H3;/q-2;+2. The number of aromatic nitrogens is 4. The van der Waals surface area contributed by atoms with E-state index in [0.717, 1.165) is 61.4 Å². The summed E-state index contributed by atoms with van der Waals surface area (Å²) in [5.41, 5.74) is 7.67. The molecule has 0 atom stereocenters. The van der Waals surface area contributed by atoms with Crippen molar-refractivity contribution in [2.75, 3.05) is 0 Å². The van der Waals surface area contributed by atoms with Crippen LogP contribution in [0, 0.1) is 31.8 Å². The van der Waals surface area contributed by atoms with E-state index < -0.39 is 0 Å². The number of aryl methyl sites for hydroxylation is 1. The SMILES string of the molecule is Cc1nn(-c2[c-]c(Oc3[c-]c4c(cc3)c3cc(F)ccc3n4-c3cc(C(C)(C)C)ccn3)ccc2)c(C)c1-c1ccccc1.[Pt+2]. The molecule has 0 radical (unpaired) electrons. The molecule has 3 heterocycles. The first-order chi connectivity index (χ1) is 21.2. The van der Waals surface area contributed by atoms with E-state index in [-0.39, 0.29) is 32.3 Å². The van der Waals surface area contributed by atoms with Gasteiger partial charge in [-0.25, -0.2) is 9.37 Å². The maximum Gasteiger partial charge on any atom is 2.00 e. The van der Waals surface area contributed by atoms with Gasteiger partial charge in [-0.3, -0.25) is 4.68 Å². The van der Waals surface area contributed by atoms with Crippen molar-refractivity contribution in [1.82, 2.24) is 19.3 Å². The van der Waals surface area contributed by atoms with Crippen LogP contribution in [0.25, 0.3) is 44.4 Å². The van der Waals surface area contributed by atoms with Crippen molar-refractivity contribution in [2.45, 2.75) is 40.0 Å². The average Bonchev–Trinajstić information content (AvgIpc) is 3.49. The van der Waals surface area contributed by atoms with Crippen molar-refractivity contribution >= 4 is 21.8 Å². The topological polar surface area (TPSA) is 44.9 Å². The van der Waals surface area contributed by atoms with Gasteiger partial charge in [0.2, 0.25) is 0 Å². The van der Waals surface area contributed by atoms with E-state index in [9.17, 15) is 4.39 Å². The first-order valence-corrected chi connectivity index (χ1v) is 14.6. The Balaban J connectivity index is 0.00000357. The van der Waals surface area contributed by atoms with Crippen LogP contribution in [-0.2, 0) is 26.5 Å². The minimum absolute atomic E-state index is 0. The Morgan fingerprint density at radius 3 is 2.36 bits per heavy atom. The van der Waals surface area contributed by atoms with Gasteiger partial charge in [0.25, 0.3) is 0 Å². The van der Waals surface area contributed by atoms with Gasteiger partial charge in [-0.2, -0.15) is 17.2 Å². The van der Waals surface area contributed by atoms with E-state index in [1.807, 2.05) is 77.0 Å². The van der Waals surface area contributed by atoms with Gasteiger partial charge in [-0.15, -0.1) is 35.7 Å². The molecule has 7 heteroatoms. The van der Waals surface area contributed by atoms with Crippen LogP contribution in [0.4, 0.5) is 4.39 Å². The summed E-state index contributed by atoms with van der Waals surface area (Å²) in [5.74, 6) is 1.50. The largest absolute Gasteiger partial charge is 2.00 e. The van der Waals surface area contributed by atoms with Crippen molar-refractivity contribution in [3.05, 3.63) is 132 Å². The van der Waals surface area contributed by atoms with E-state index in [4.69, 9.17) is 14.8 Å². The fraction of sp³-hybridized carbons (Fsp3) is 0.158. The van der Waals surface area contributed by atoms with E-state index in [2.05, 4.69) is 58.0 Å². The van der Waals surface area contributed by atoms with Crippen LogP contribution in [0.2, 0.25) is 0 Å². The Bertz CT molecular complexity index is 2180. The molecule has 0 spiro atoms. The van der Waals surface area contributed by atoms with Crippen LogP contribution in [-0.4, -0.2) is 19.3 Å². The van der Waals surface area contributed by atoms with Crippen molar-refractivity contribution < 1.29 is 30.2 Å². The van der Waals surface area contributed by atoms with Gasteiger partial charge in [0.05, 0.1) is 5.69 Å². The maximum atomic E-state index is 14.4. The molecule has 0 amide bonds. The first kappa shape index (κ1) is 30.5. The molecule has 0 saturated carbocycles. The van der Waals surface area contributed by atoms with Gasteiger partial charge in [0.1, 0.15) is 11.6 Å². The summed E-state index contributed by atoms with van der Waals surface area (Å²) in [6.45, 7) is 10.6. The molecule has 5 nitrogen and oxygen atoms in total. The van der Waals surface area contributed by atoms with Gasteiger partial charge < -0.3 is 9.30 Å². The Morgan fingerprint density at radius 1 is 0.800 bits per heavy atom. The number of fused-ring (bicyclic) bond motifs is 3. The third-order valence-electron chi connectivity index (χ3n) is 8.01. The molecule has 45 heavy (non-hydrogen) atoms. The molecule has 0 bridgehead atoms. The number of pyridine rings is 1. The summed E-state index contributed by atoms with van der Waals surface area (Å²) in [5, 5.41) is 6.48. The zero-order valence-electron chi connectivity index (χ0n) is 25.6. The molecular formula is C38H31FN4OPt. The van der Waals surface area contributed by atoms with E-state index >= 15 is 0 Å². The fourth-order valence-corrected chi connectivity index (χ4v) is 5.84. The zero-order chi connectivity index (χ0) is 30.6. The number of ether oxygens (including phenoxy) is 1. The molecule has 3 aromatic heterocycles. The van der Waals surface area contributed by atoms with Gasteiger partial charge >= 0.3 is 21.1 Å². The summed E-state index contributed by atoms with van der Waals surface area (Å²) in [6, 6.07) is 35.6. The van der Waals surface area contributed by atoms with Gasteiger partial charge in [0, 0.05) is 34.5 Å². The monoisotopic (exact) mass is 773 g/mol. The fourth-order valence-electron chi connectivity index (χ4n) is 5.84. The smallest absolute Gasteiger partial charge is 0.509 e. The second kappa shape index (κ2) is 11.8. The van der Waals surface area contributed by atoms with Crippen molar-refractivity contribution in [1.29, 1.82) is 0 Å². The second-order valence-electron chi connectivity index (χ2n) is 12.1. The maximum absolute atomic E-state index is 14.4. The number of hydrogen-bond acceptors (Lipinski definition) is 3. The Morgan fingerprint density at radius 2 is 1.58 bits per heavy atom. The first-order valence-electron chi connectivity index (χ1n) is 14.6.